The number of amides is 2. The van der Waals surface area contributed by atoms with Crippen molar-refractivity contribution in [3.05, 3.63) is 11.4 Å². The molecule has 0 saturated heterocycles. The van der Waals surface area contributed by atoms with E-state index in [4.69, 9.17) is 0 Å². The largest absolute Gasteiger partial charge is 0.390 e. The summed E-state index contributed by atoms with van der Waals surface area (Å²) >= 11 is 0. The van der Waals surface area contributed by atoms with Gasteiger partial charge >= 0.3 is 0 Å². The van der Waals surface area contributed by atoms with Crippen LogP contribution in [0.4, 0.5) is 0 Å². The summed E-state index contributed by atoms with van der Waals surface area (Å²) in [5.41, 5.74) is 1.40. The highest BCUT2D eigenvalue weighted by molar-refractivity contribution is 5.99. The average molecular weight is 225 g/mol. The molecule has 90 valence electrons. The van der Waals surface area contributed by atoms with E-state index in [2.05, 4.69) is 10.6 Å². The van der Waals surface area contributed by atoms with Crippen molar-refractivity contribution in [3.8, 4) is 0 Å². The molecule has 0 aliphatic carbocycles. The van der Waals surface area contributed by atoms with Crippen molar-refractivity contribution in [1.82, 2.24) is 15.5 Å². The molecule has 0 fully saturated rings. The molecular weight excluding hydrogens is 206 g/mol. The molecule has 1 aliphatic rings. The molecule has 5 nitrogen and oxygen atoms in total. The highest BCUT2D eigenvalue weighted by atomic mass is 16.2. The van der Waals surface area contributed by atoms with Crippen LogP contribution < -0.4 is 10.6 Å². The second-order valence-corrected chi connectivity index (χ2v) is 4.05. The van der Waals surface area contributed by atoms with Gasteiger partial charge in [-0.25, -0.2) is 0 Å². The number of imide groups is 1. The van der Waals surface area contributed by atoms with Crippen molar-refractivity contribution in [1.29, 1.82) is 0 Å². The number of nitrogens with one attached hydrogen (secondary N) is 2. The summed E-state index contributed by atoms with van der Waals surface area (Å²) in [6, 6.07) is -0.126. The zero-order chi connectivity index (χ0) is 12.1. The first-order valence-electron chi connectivity index (χ1n) is 5.54. The maximum atomic E-state index is 12.1. The standard InChI is InChI=1S/C11H19N3O2/c1-8(2)14(7-15)11(16)10-9(12-3)5-4-6-13-10/h7-8,12-13H,4-6H2,1-3H3. The number of hydrogen-bond donors (Lipinski definition) is 2. The zero-order valence-corrected chi connectivity index (χ0v) is 10.0. The number of hydrogen-bond acceptors (Lipinski definition) is 4. The smallest absolute Gasteiger partial charge is 0.278 e. The topological polar surface area (TPSA) is 61.4 Å². The summed E-state index contributed by atoms with van der Waals surface area (Å²) in [4.78, 5) is 24.1. The van der Waals surface area contributed by atoms with E-state index < -0.39 is 0 Å². The Labute approximate surface area is 95.9 Å². The van der Waals surface area contributed by atoms with Crippen molar-refractivity contribution in [2.75, 3.05) is 13.6 Å². The highest BCUT2D eigenvalue weighted by Gasteiger charge is 2.24. The fraction of sp³-hybridized carbons (Fsp3) is 0.636. The van der Waals surface area contributed by atoms with Gasteiger partial charge in [0.1, 0.15) is 5.70 Å². The van der Waals surface area contributed by atoms with Crippen LogP contribution in [-0.2, 0) is 9.59 Å². The van der Waals surface area contributed by atoms with Crippen LogP contribution in [0.15, 0.2) is 11.4 Å². The third kappa shape index (κ3) is 2.53. The number of nitrogens with zero attached hydrogens (tertiary/aromatic N) is 1. The van der Waals surface area contributed by atoms with Gasteiger partial charge in [0.05, 0.1) is 0 Å². The summed E-state index contributed by atoms with van der Waals surface area (Å²) in [6.45, 7) is 4.40. The van der Waals surface area contributed by atoms with E-state index >= 15 is 0 Å². The predicted molar refractivity (Wildman–Crippen MR) is 61.4 cm³/mol. The minimum absolute atomic E-state index is 0.126. The Hall–Kier alpha value is -1.52. The summed E-state index contributed by atoms with van der Waals surface area (Å²) in [7, 11) is 1.79. The fourth-order valence-corrected chi connectivity index (χ4v) is 1.70. The van der Waals surface area contributed by atoms with Crippen molar-refractivity contribution in [2.24, 2.45) is 0 Å². The lowest BCUT2D eigenvalue weighted by Gasteiger charge is -2.26. The Morgan fingerprint density at radius 1 is 1.56 bits per heavy atom. The Bertz CT molecular complexity index is 310. The molecule has 1 heterocycles. The molecule has 5 heteroatoms. The van der Waals surface area contributed by atoms with Gasteiger partial charge in [-0.15, -0.1) is 0 Å². The van der Waals surface area contributed by atoms with Crippen LogP contribution in [0.25, 0.3) is 0 Å². The maximum absolute atomic E-state index is 12.1. The van der Waals surface area contributed by atoms with Crippen molar-refractivity contribution in [2.45, 2.75) is 32.7 Å². The van der Waals surface area contributed by atoms with Gasteiger partial charge in [0.2, 0.25) is 6.41 Å². The van der Waals surface area contributed by atoms with Gasteiger partial charge in [0, 0.05) is 25.3 Å². The Balaban J connectivity index is 2.93. The van der Waals surface area contributed by atoms with Crippen LogP contribution in [0, 0.1) is 0 Å². The molecule has 0 saturated carbocycles. The van der Waals surface area contributed by atoms with E-state index in [-0.39, 0.29) is 11.9 Å². The molecule has 0 bridgehead atoms. The molecule has 0 aromatic carbocycles. The van der Waals surface area contributed by atoms with Gasteiger partial charge in [0.25, 0.3) is 5.91 Å². The quantitative estimate of drug-likeness (QED) is 0.671. The van der Waals surface area contributed by atoms with Crippen molar-refractivity contribution in [3.63, 3.8) is 0 Å². The number of carbonyl (C=O) groups is 2. The Kier molecular flexibility index (Phi) is 4.34. The van der Waals surface area contributed by atoms with E-state index in [1.807, 2.05) is 13.8 Å². The van der Waals surface area contributed by atoms with Gasteiger partial charge in [-0.3, -0.25) is 14.5 Å². The van der Waals surface area contributed by atoms with Gasteiger partial charge < -0.3 is 10.6 Å². The number of rotatable bonds is 4. The first kappa shape index (κ1) is 12.5. The molecule has 1 rings (SSSR count). The lowest BCUT2D eigenvalue weighted by atomic mass is 10.1. The average Bonchev–Trinajstić information content (AvgIpc) is 2.29. The lowest BCUT2D eigenvalue weighted by Crippen LogP contribution is -2.43. The molecule has 1 aliphatic heterocycles. The summed E-state index contributed by atoms with van der Waals surface area (Å²) in [6.07, 6.45) is 2.43. The van der Waals surface area contributed by atoms with Crippen LogP contribution in [0.3, 0.4) is 0 Å². The second kappa shape index (κ2) is 5.53. The second-order valence-electron chi connectivity index (χ2n) is 4.05. The van der Waals surface area contributed by atoms with Crippen LogP contribution in [0.5, 0.6) is 0 Å². The number of carbonyl (C=O) groups excluding carboxylic acids is 2. The normalized spacial score (nSPS) is 15.8. The molecule has 0 aromatic rings. The van der Waals surface area contributed by atoms with Crippen LogP contribution in [0.1, 0.15) is 26.7 Å². The van der Waals surface area contributed by atoms with Crippen LogP contribution in [0.2, 0.25) is 0 Å². The highest BCUT2D eigenvalue weighted by Crippen LogP contribution is 2.14. The molecule has 16 heavy (non-hydrogen) atoms. The first-order valence-corrected chi connectivity index (χ1v) is 5.54. The van der Waals surface area contributed by atoms with E-state index in [0.717, 1.165) is 25.1 Å². The maximum Gasteiger partial charge on any atom is 0.278 e. The molecule has 0 spiro atoms. The first-order chi connectivity index (χ1) is 7.61. The SMILES string of the molecule is CNC1=C(C(=O)N(C=O)C(C)C)NCCC1. The van der Waals surface area contributed by atoms with Gasteiger partial charge in [-0.05, 0) is 26.7 Å². The molecule has 0 radical (unpaired) electrons. The van der Waals surface area contributed by atoms with Gasteiger partial charge in [-0.1, -0.05) is 0 Å². The number of allylic oxidation sites excluding steroid dienone is 1. The Morgan fingerprint density at radius 2 is 2.25 bits per heavy atom. The van der Waals surface area contributed by atoms with Crippen molar-refractivity contribution >= 4 is 12.3 Å². The van der Waals surface area contributed by atoms with Gasteiger partial charge in [-0.2, -0.15) is 0 Å². The molecular formula is C11H19N3O2. The summed E-state index contributed by atoms with van der Waals surface area (Å²) in [5, 5.41) is 6.06. The summed E-state index contributed by atoms with van der Waals surface area (Å²) < 4.78 is 0. The fourth-order valence-electron chi connectivity index (χ4n) is 1.70. The minimum atomic E-state index is -0.256. The molecule has 0 aromatic heterocycles. The van der Waals surface area contributed by atoms with E-state index in [1.165, 1.54) is 4.90 Å². The Morgan fingerprint density at radius 3 is 2.75 bits per heavy atom. The zero-order valence-electron chi connectivity index (χ0n) is 10.0. The lowest BCUT2D eigenvalue weighted by molar-refractivity contribution is -0.137. The predicted octanol–water partition coefficient (Wildman–Crippen LogP) is 0.194. The molecule has 0 atom stereocenters. The molecule has 0 unspecified atom stereocenters. The van der Waals surface area contributed by atoms with Gasteiger partial charge in [0.15, 0.2) is 0 Å². The minimum Gasteiger partial charge on any atom is -0.390 e. The van der Waals surface area contributed by atoms with Crippen LogP contribution >= 0.6 is 0 Å². The monoisotopic (exact) mass is 225 g/mol. The van der Waals surface area contributed by atoms with E-state index in [0.29, 0.717) is 12.1 Å². The van der Waals surface area contributed by atoms with Crippen molar-refractivity contribution < 1.29 is 9.59 Å². The van der Waals surface area contributed by atoms with Crippen LogP contribution in [-0.4, -0.2) is 36.9 Å². The third-order valence-corrected chi connectivity index (χ3v) is 2.63. The summed E-state index contributed by atoms with van der Waals surface area (Å²) in [5.74, 6) is -0.256. The van der Waals surface area contributed by atoms with E-state index in [1.54, 1.807) is 7.05 Å². The molecule has 2 amide bonds. The van der Waals surface area contributed by atoms with E-state index in [9.17, 15) is 9.59 Å². The molecule has 2 N–H and O–H groups in total. The third-order valence-electron chi connectivity index (χ3n) is 2.63.